The van der Waals surface area contributed by atoms with Crippen molar-refractivity contribution in [2.45, 2.75) is 51.5 Å². The van der Waals surface area contributed by atoms with Gasteiger partial charge < -0.3 is 10.2 Å². The first kappa shape index (κ1) is 12.4. The molecule has 2 aliphatic rings. The maximum Gasteiger partial charge on any atom is 0.00981 e. The summed E-state index contributed by atoms with van der Waals surface area (Å²) in [7, 11) is 2.08. The van der Waals surface area contributed by atoms with Gasteiger partial charge in [0.1, 0.15) is 0 Å². The Morgan fingerprint density at radius 3 is 2.75 bits per heavy atom. The smallest absolute Gasteiger partial charge is 0.00981 e. The Morgan fingerprint density at radius 2 is 2.06 bits per heavy atom. The Kier molecular flexibility index (Phi) is 4.66. The standard InChI is InChI=1S/C14H28N2/c1-3-12-6-7-14(9-12)16-8-4-5-13(11-16)10-15-2/h12-15H,3-11H2,1-2H3. The van der Waals surface area contributed by atoms with Crippen LogP contribution in [0.15, 0.2) is 0 Å². The fraction of sp³-hybridized carbons (Fsp3) is 1.00. The van der Waals surface area contributed by atoms with Crippen molar-refractivity contribution in [2.24, 2.45) is 11.8 Å². The molecule has 16 heavy (non-hydrogen) atoms. The van der Waals surface area contributed by atoms with Crippen molar-refractivity contribution >= 4 is 0 Å². The number of hydrogen-bond acceptors (Lipinski definition) is 2. The average Bonchev–Trinajstić information content (AvgIpc) is 2.78. The maximum absolute atomic E-state index is 3.34. The fourth-order valence-electron chi connectivity index (χ4n) is 3.64. The zero-order chi connectivity index (χ0) is 11.4. The highest BCUT2D eigenvalue weighted by molar-refractivity contribution is 4.86. The maximum atomic E-state index is 3.34. The molecule has 1 aliphatic heterocycles. The van der Waals surface area contributed by atoms with Gasteiger partial charge in [-0.25, -0.2) is 0 Å². The van der Waals surface area contributed by atoms with Gasteiger partial charge in [-0.3, -0.25) is 0 Å². The Balaban J connectivity index is 1.80. The van der Waals surface area contributed by atoms with E-state index < -0.39 is 0 Å². The first-order valence-corrected chi connectivity index (χ1v) is 7.22. The molecular weight excluding hydrogens is 196 g/mol. The largest absolute Gasteiger partial charge is 0.319 e. The lowest BCUT2D eigenvalue weighted by molar-refractivity contribution is 0.122. The fourth-order valence-corrected chi connectivity index (χ4v) is 3.64. The van der Waals surface area contributed by atoms with Crippen LogP contribution in [0, 0.1) is 11.8 Å². The molecule has 0 amide bonds. The van der Waals surface area contributed by atoms with Crippen LogP contribution in [0.2, 0.25) is 0 Å². The molecule has 2 rings (SSSR count). The highest BCUT2D eigenvalue weighted by Gasteiger charge is 2.31. The van der Waals surface area contributed by atoms with Gasteiger partial charge in [-0.2, -0.15) is 0 Å². The molecule has 1 heterocycles. The van der Waals surface area contributed by atoms with Crippen molar-refractivity contribution in [3.05, 3.63) is 0 Å². The minimum Gasteiger partial charge on any atom is -0.319 e. The number of rotatable bonds is 4. The number of hydrogen-bond donors (Lipinski definition) is 1. The molecule has 3 atom stereocenters. The van der Waals surface area contributed by atoms with Gasteiger partial charge in [0.2, 0.25) is 0 Å². The second-order valence-corrected chi connectivity index (χ2v) is 5.80. The van der Waals surface area contributed by atoms with Crippen molar-refractivity contribution in [1.29, 1.82) is 0 Å². The molecule has 1 aliphatic carbocycles. The molecule has 0 bridgehead atoms. The summed E-state index contributed by atoms with van der Waals surface area (Å²) in [6, 6.07) is 0.921. The van der Waals surface area contributed by atoms with Gasteiger partial charge in [0.05, 0.1) is 0 Å². The van der Waals surface area contributed by atoms with Crippen molar-refractivity contribution in [3.8, 4) is 0 Å². The third-order valence-corrected chi connectivity index (χ3v) is 4.65. The summed E-state index contributed by atoms with van der Waals surface area (Å²) in [5, 5.41) is 3.34. The first-order valence-electron chi connectivity index (χ1n) is 7.22. The zero-order valence-corrected chi connectivity index (χ0v) is 11.0. The number of likely N-dealkylation sites (tertiary alicyclic amines) is 1. The Morgan fingerprint density at radius 1 is 1.19 bits per heavy atom. The van der Waals surface area contributed by atoms with E-state index in [1.54, 1.807) is 0 Å². The van der Waals surface area contributed by atoms with Crippen LogP contribution in [0.5, 0.6) is 0 Å². The second-order valence-electron chi connectivity index (χ2n) is 5.80. The Bertz CT molecular complexity index is 203. The van der Waals surface area contributed by atoms with Crippen molar-refractivity contribution < 1.29 is 0 Å². The monoisotopic (exact) mass is 224 g/mol. The Labute approximate surface area is 101 Å². The third-order valence-electron chi connectivity index (χ3n) is 4.65. The van der Waals surface area contributed by atoms with Crippen molar-refractivity contribution in [2.75, 3.05) is 26.7 Å². The molecule has 1 saturated heterocycles. The molecular formula is C14H28N2. The quantitative estimate of drug-likeness (QED) is 0.789. The molecule has 0 aromatic heterocycles. The van der Waals surface area contributed by atoms with Gasteiger partial charge in [-0.05, 0) is 64.1 Å². The molecule has 0 aromatic rings. The van der Waals surface area contributed by atoms with Crippen LogP contribution in [0.4, 0.5) is 0 Å². The van der Waals surface area contributed by atoms with Gasteiger partial charge in [-0.15, -0.1) is 0 Å². The van der Waals surface area contributed by atoms with Crippen molar-refractivity contribution in [1.82, 2.24) is 10.2 Å². The molecule has 2 nitrogen and oxygen atoms in total. The predicted molar refractivity (Wildman–Crippen MR) is 69.6 cm³/mol. The van der Waals surface area contributed by atoms with Crippen LogP contribution < -0.4 is 5.32 Å². The molecule has 2 heteroatoms. The Hall–Kier alpha value is -0.0800. The minimum absolute atomic E-state index is 0.902. The molecule has 0 spiro atoms. The van der Waals surface area contributed by atoms with E-state index in [9.17, 15) is 0 Å². The van der Waals surface area contributed by atoms with E-state index in [4.69, 9.17) is 0 Å². The van der Waals surface area contributed by atoms with Crippen LogP contribution >= 0.6 is 0 Å². The van der Waals surface area contributed by atoms with E-state index >= 15 is 0 Å². The summed E-state index contributed by atoms with van der Waals surface area (Å²) in [6.45, 7) is 6.27. The van der Waals surface area contributed by atoms with E-state index in [0.29, 0.717) is 0 Å². The summed E-state index contributed by atoms with van der Waals surface area (Å²) in [6.07, 6.45) is 8.66. The molecule has 0 aromatic carbocycles. The first-order chi connectivity index (χ1) is 7.83. The lowest BCUT2D eigenvalue weighted by atomic mass is 9.96. The topological polar surface area (TPSA) is 15.3 Å². The minimum atomic E-state index is 0.902. The molecule has 0 radical (unpaired) electrons. The van der Waals surface area contributed by atoms with Crippen LogP contribution in [0.1, 0.15) is 45.4 Å². The van der Waals surface area contributed by atoms with Crippen LogP contribution in [-0.4, -0.2) is 37.6 Å². The average molecular weight is 224 g/mol. The lowest BCUT2D eigenvalue weighted by Crippen LogP contribution is -2.43. The van der Waals surface area contributed by atoms with E-state index in [-0.39, 0.29) is 0 Å². The lowest BCUT2D eigenvalue weighted by Gasteiger charge is -2.37. The summed E-state index contributed by atoms with van der Waals surface area (Å²) in [5.41, 5.74) is 0. The SMILES string of the molecule is CCC1CCC(N2CCCC(CNC)C2)C1. The molecule has 2 fully saturated rings. The molecule has 1 saturated carbocycles. The van der Waals surface area contributed by atoms with Crippen molar-refractivity contribution in [3.63, 3.8) is 0 Å². The molecule has 94 valence electrons. The number of piperidine rings is 1. The van der Waals surface area contributed by atoms with Crippen LogP contribution in [-0.2, 0) is 0 Å². The molecule has 1 N–H and O–H groups in total. The number of nitrogens with zero attached hydrogens (tertiary/aromatic N) is 1. The van der Waals surface area contributed by atoms with Gasteiger partial charge >= 0.3 is 0 Å². The van der Waals surface area contributed by atoms with E-state index in [2.05, 4.69) is 24.2 Å². The summed E-state index contributed by atoms with van der Waals surface area (Å²) < 4.78 is 0. The van der Waals surface area contributed by atoms with Crippen LogP contribution in [0.3, 0.4) is 0 Å². The van der Waals surface area contributed by atoms with E-state index in [1.165, 1.54) is 58.2 Å². The summed E-state index contributed by atoms with van der Waals surface area (Å²) in [5.74, 6) is 1.93. The van der Waals surface area contributed by atoms with Crippen LogP contribution in [0.25, 0.3) is 0 Å². The van der Waals surface area contributed by atoms with E-state index in [0.717, 1.165) is 17.9 Å². The van der Waals surface area contributed by atoms with Gasteiger partial charge in [0.15, 0.2) is 0 Å². The van der Waals surface area contributed by atoms with Gasteiger partial charge in [0.25, 0.3) is 0 Å². The normalized spacial score (nSPS) is 36.8. The van der Waals surface area contributed by atoms with Gasteiger partial charge in [0, 0.05) is 12.6 Å². The highest BCUT2D eigenvalue weighted by atomic mass is 15.2. The summed E-state index contributed by atoms with van der Waals surface area (Å²) in [4.78, 5) is 2.79. The summed E-state index contributed by atoms with van der Waals surface area (Å²) >= 11 is 0. The highest BCUT2D eigenvalue weighted by Crippen LogP contribution is 2.33. The number of nitrogens with one attached hydrogen (secondary N) is 1. The zero-order valence-electron chi connectivity index (χ0n) is 11.0. The van der Waals surface area contributed by atoms with Gasteiger partial charge in [-0.1, -0.05) is 13.3 Å². The van der Waals surface area contributed by atoms with E-state index in [1.807, 2.05) is 0 Å². The second kappa shape index (κ2) is 6.02. The predicted octanol–water partition coefficient (Wildman–Crippen LogP) is 2.50. The third kappa shape index (κ3) is 2.98. The molecule has 3 unspecified atom stereocenters.